The van der Waals surface area contributed by atoms with Crippen LogP contribution in [-0.4, -0.2) is 46.5 Å². The van der Waals surface area contributed by atoms with Gasteiger partial charge >= 0.3 is 0 Å². The molecule has 1 saturated heterocycles. The molecule has 1 aromatic rings. The van der Waals surface area contributed by atoms with Crippen molar-refractivity contribution in [3.8, 4) is 0 Å². The zero-order valence-electron chi connectivity index (χ0n) is 11.3. The Bertz CT molecular complexity index is 409. The van der Waals surface area contributed by atoms with E-state index < -0.39 is 0 Å². The van der Waals surface area contributed by atoms with Crippen molar-refractivity contribution in [2.24, 2.45) is 0 Å². The first-order valence-corrected chi connectivity index (χ1v) is 6.38. The monoisotopic (exact) mass is 251 g/mol. The molecule has 0 aliphatic carbocycles. The maximum absolute atomic E-state index is 9.30. The van der Waals surface area contributed by atoms with Gasteiger partial charge in [0.1, 0.15) is 12.1 Å². The first kappa shape index (κ1) is 13.2. The number of nitrogens with zero attached hydrogens (tertiary/aromatic N) is 3. The van der Waals surface area contributed by atoms with Crippen LogP contribution in [0, 0.1) is 0 Å². The van der Waals surface area contributed by atoms with Gasteiger partial charge in [-0.3, -0.25) is 0 Å². The Morgan fingerprint density at radius 1 is 1.50 bits per heavy atom. The van der Waals surface area contributed by atoms with Crippen LogP contribution in [0.25, 0.3) is 0 Å². The number of aromatic nitrogens is 2. The van der Waals surface area contributed by atoms with Crippen molar-refractivity contribution in [1.29, 1.82) is 0 Å². The van der Waals surface area contributed by atoms with Crippen molar-refractivity contribution in [2.45, 2.75) is 38.9 Å². The fraction of sp³-hybridized carbons (Fsp3) is 0.692. The van der Waals surface area contributed by atoms with Gasteiger partial charge in [0.15, 0.2) is 0 Å². The second-order valence-corrected chi connectivity index (χ2v) is 5.28. The zero-order valence-corrected chi connectivity index (χ0v) is 11.3. The normalized spacial score (nSPS) is 23.1. The van der Waals surface area contributed by atoms with E-state index >= 15 is 0 Å². The quantitative estimate of drug-likeness (QED) is 0.869. The van der Waals surface area contributed by atoms with Gasteiger partial charge in [-0.25, -0.2) is 9.97 Å². The number of hydrogen-bond acceptors (Lipinski definition) is 5. The summed E-state index contributed by atoms with van der Waals surface area (Å²) in [5.41, 5.74) is 0.757. The molecule has 0 spiro atoms. The number of anilines is 1. The second-order valence-electron chi connectivity index (χ2n) is 5.28. The molecule has 1 atom stereocenters. The second kappa shape index (κ2) is 5.20. The minimum absolute atomic E-state index is 0.0334. The number of ether oxygens (including phenoxy) is 1. The molecule has 2 rings (SSSR count). The van der Waals surface area contributed by atoms with Gasteiger partial charge in [-0.05, 0) is 20.3 Å². The van der Waals surface area contributed by atoms with Crippen LogP contribution in [0.15, 0.2) is 12.4 Å². The van der Waals surface area contributed by atoms with E-state index in [1.165, 1.54) is 0 Å². The third kappa shape index (κ3) is 2.97. The summed E-state index contributed by atoms with van der Waals surface area (Å²) < 4.78 is 5.80. The van der Waals surface area contributed by atoms with E-state index in [-0.39, 0.29) is 18.3 Å². The summed E-state index contributed by atoms with van der Waals surface area (Å²) in [7, 11) is 0. The smallest absolute Gasteiger partial charge is 0.132 e. The van der Waals surface area contributed by atoms with Crippen molar-refractivity contribution >= 4 is 5.82 Å². The molecular formula is C13H21N3O2. The van der Waals surface area contributed by atoms with Gasteiger partial charge in [-0.15, -0.1) is 0 Å². The molecule has 1 aliphatic rings. The molecule has 1 fully saturated rings. The summed E-state index contributed by atoms with van der Waals surface area (Å²) in [6.45, 7) is 7.61. The molecule has 100 valence electrons. The Kier molecular flexibility index (Phi) is 3.82. The maximum atomic E-state index is 9.30. The molecular weight excluding hydrogens is 230 g/mol. The Morgan fingerprint density at radius 3 is 2.94 bits per heavy atom. The summed E-state index contributed by atoms with van der Waals surface area (Å²) in [4.78, 5) is 10.7. The van der Waals surface area contributed by atoms with Gasteiger partial charge in [0, 0.05) is 24.8 Å². The van der Waals surface area contributed by atoms with Crippen LogP contribution in [0.5, 0.6) is 0 Å². The van der Waals surface area contributed by atoms with E-state index in [0.717, 1.165) is 24.5 Å². The largest absolute Gasteiger partial charge is 0.394 e. The fourth-order valence-corrected chi connectivity index (χ4v) is 2.32. The van der Waals surface area contributed by atoms with Crippen molar-refractivity contribution < 1.29 is 9.84 Å². The Morgan fingerprint density at radius 2 is 2.28 bits per heavy atom. The van der Waals surface area contributed by atoms with Crippen molar-refractivity contribution in [1.82, 2.24) is 9.97 Å². The van der Waals surface area contributed by atoms with Gasteiger partial charge in [-0.2, -0.15) is 0 Å². The number of aliphatic hydroxyl groups is 1. The molecule has 1 aromatic heterocycles. The van der Waals surface area contributed by atoms with Gasteiger partial charge < -0.3 is 14.7 Å². The van der Waals surface area contributed by atoms with Crippen LogP contribution in [-0.2, 0) is 11.2 Å². The Labute approximate surface area is 108 Å². The predicted molar refractivity (Wildman–Crippen MR) is 69.7 cm³/mol. The zero-order chi connectivity index (χ0) is 13.2. The lowest BCUT2D eigenvalue weighted by Gasteiger charge is -2.42. The van der Waals surface area contributed by atoms with E-state index in [9.17, 15) is 5.11 Å². The third-order valence-corrected chi connectivity index (χ3v) is 3.08. The molecule has 1 unspecified atom stereocenters. The van der Waals surface area contributed by atoms with Crippen LogP contribution in [0.1, 0.15) is 26.5 Å². The van der Waals surface area contributed by atoms with Crippen LogP contribution in [0.4, 0.5) is 5.82 Å². The van der Waals surface area contributed by atoms with Crippen LogP contribution in [0.2, 0.25) is 0 Å². The average Bonchev–Trinajstić information content (AvgIpc) is 2.37. The van der Waals surface area contributed by atoms with E-state index in [1.54, 1.807) is 6.33 Å². The number of morpholine rings is 1. The summed E-state index contributed by atoms with van der Waals surface area (Å²) >= 11 is 0. The first-order chi connectivity index (χ1) is 8.54. The lowest BCUT2D eigenvalue weighted by atomic mass is 10.1. The molecule has 0 radical (unpaired) electrons. The Balaban J connectivity index is 2.20. The van der Waals surface area contributed by atoms with Crippen LogP contribution < -0.4 is 4.90 Å². The minimum Gasteiger partial charge on any atom is -0.394 e. The number of hydrogen-bond donors (Lipinski definition) is 1. The first-order valence-electron chi connectivity index (χ1n) is 6.38. The van der Waals surface area contributed by atoms with Crippen LogP contribution in [0.3, 0.4) is 0 Å². The molecule has 5 nitrogen and oxygen atoms in total. The van der Waals surface area contributed by atoms with E-state index in [0.29, 0.717) is 6.54 Å². The number of rotatable bonds is 3. The molecule has 5 heteroatoms. The maximum Gasteiger partial charge on any atom is 0.132 e. The highest BCUT2D eigenvalue weighted by Crippen LogP contribution is 2.24. The molecule has 0 amide bonds. The van der Waals surface area contributed by atoms with Gasteiger partial charge in [-0.1, -0.05) is 6.92 Å². The SMILES string of the molecule is CCc1cc(N2CC(CO)OC(C)(C)C2)ncn1. The molecule has 1 N–H and O–H groups in total. The molecule has 2 heterocycles. The fourth-order valence-electron chi connectivity index (χ4n) is 2.32. The van der Waals surface area contributed by atoms with Crippen molar-refractivity contribution in [3.05, 3.63) is 18.1 Å². The van der Waals surface area contributed by atoms with Crippen molar-refractivity contribution in [2.75, 3.05) is 24.6 Å². The highest BCUT2D eigenvalue weighted by atomic mass is 16.5. The Hall–Kier alpha value is -1.20. The molecule has 0 bridgehead atoms. The number of aryl methyl sites for hydroxylation is 1. The third-order valence-electron chi connectivity index (χ3n) is 3.08. The van der Waals surface area contributed by atoms with Gasteiger partial charge in [0.2, 0.25) is 0 Å². The van der Waals surface area contributed by atoms with Crippen molar-refractivity contribution in [3.63, 3.8) is 0 Å². The van der Waals surface area contributed by atoms with Crippen LogP contribution >= 0.6 is 0 Å². The summed E-state index contributed by atoms with van der Waals surface area (Å²) in [5.74, 6) is 0.914. The topological polar surface area (TPSA) is 58.5 Å². The predicted octanol–water partition coefficient (Wildman–Crippen LogP) is 1.02. The van der Waals surface area contributed by atoms with Gasteiger partial charge in [0.05, 0.1) is 18.3 Å². The van der Waals surface area contributed by atoms with E-state index in [1.807, 2.05) is 19.9 Å². The number of aliphatic hydroxyl groups excluding tert-OH is 1. The minimum atomic E-state index is -0.275. The van der Waals surface area contributed by atoms with E-state index in [2.05, 4.69) is 21.8 Å². The lowest BCUT2D eigenvalue weighted by molar-refractivity contribution is -0.101. The van der Waals surface area contributed by atoms with Gasteiger partial charge in [0.25, 0.3) is 0 Å². The van der Waals surface area contributed by atoms with E-state index in [4.69, 9.17) is 4.74 Å². The summed E-state index contributed by atoms with van der Waals surface area (Å²) in [6, 6.07) is 2.01. The molecule has 0 saturated carbocycles. The standard InChI is InChI=1S/C13H21N3O2/c1-4-10-5-12(15-9-14-10)16-6-11(7-17)18-13(2,3)8-16/h5,9,11,17H,4,6-8H2,1-3H3. The molecule has 1 aliphatic heterocycles. The highest BCUT2D eigenvalue weighted by molar-refractivity contribution is 5.40. The molecule has 18 heavy (non-hydrogen) atoms. The average molecular weight is 251 g/mol. The summed E-state index contributed by atoms with van der Waals surface area (Å²) in [5, 5.41) is 9.30. The lowest BCUT2D eigenvalue weighted by Crippen LogP contribution is -2.54. The summed E-state index contributed by atoms with van der Waals surface area (Å²) in [6.07, 6.45) is 2.34. The molecule has 0 aromatic carbocycles. The highest BCUT2D eigenvalue weighted by Gasteiger charge is 2.33.